The summed E-state index contributed by atoms with van der Waals surface area (Å²) in [6.45, 7) is 6.41. The van der Waals surface area contributed by atoms with Crippen molar-refractivity contribution < 1.29 is 23.9 Å². The summed E-state index contributed by atoms with van der Waals surface area (Å²) in [6, 6.07) is 0.131. The lowest BCUT2D eigenvalue weighted by molar-refractivity contribution is -0.146. The first-order valence-corrected chi connectivity index (χ1v) is 17.7. The molecule has 4 bridgehead atoms. The van der Waals surface area contributed by atoms with Crippen LogP contribution in [0.4, 0.5) is 0 Å². The molecule has 7 aliphatic heterocycles. The lowest BCUT2D eigenvalue weighted by atomic mass is 9.80. The molecule has 7 saturated heterocycles. The minimum Gasteiger partial charge on any atom is -0.378 e. The van der Waals surface area contributed by atoms with Crippen LogP contribution >= 0.6 is 0 Å². The highest BCUT2D eigenvalue weighted by atomic mass is 16.5. The van der Waals surface area contributed by atoms with Crippen molar-refractivity contribution in [1.29, 1.82) is 0 Å². The van der Waals surface area contributed by atoms with Crippen molar-refractivity contribution in [2.45, 2.75) is 107 Å². The summed E-state index contributed by atoms with van der Waals surface area (Å²) in [5.74, 6) is 0.374. The van der Waals surface area contributed by atoms with Gasteiger partial charge in [-0.2, -0.15) is 0 Å². The molecule has 11 heteroatoms. The molecule has 1 saturated carbocycles. The van der Waals surface area contributed by atoms with E-state index < -0.39 is 6.04 Å². The minimum atomic E-state index is -0.473. The van der Waals surface area contributed by atoms with Crippen LogP contribution in [-0.2, 0) is 23.9 Å². The highest BCUT2D eigenvalue weighted by molar-refractivity contribution is 5.89. The van der Waals surface area contributed by atoms with Crippen LogP contribution in [0.3, 0.4) is 0 Å². The summed E-state index contributed by atoms with van der Waals surface area (Å²) in [4.78, 5) is 66.2. The number of nitrogens with one attached hydrogen (secondary N) is 1. The molecule has 0 aromatic heterocycles. The first kappa shape index (κ1) is 30.4. The second-order valence-corrected chi connectivity index (χ2v) is 14.5. The third-order valence-electron chi connectivity index (χ3n) is 12.0. The summed E-state index contributed by atoms with van der Waals surface area (Å²) in [5, 5.41) is 3.82. The normalized spacial score (nSPS) is 36.0. The number of piperidine rings is 2. The van der Waals surface area contributed by atoms with Crippen molar-refractivity contribution in [2.24, 2.45) is 11.8 Å². The number of carbonyl (C=O) groups excluding carboxylic acids is 4. The van der Waals surface area contributed by atoms with Crippen molar-refractivity contribution in [3.05, 3.63) is 0 Å². The molecule has 0 unspecified atom stereocenters. The number of amides is 4. The Labute approximate surface area is 261 Å². The Morgan fingerprint density at radius 1 is 0.773 bits per heavy atom. The molecular formula is C33H52N6O5. The zero-order valence-electron chi connectivity index (χ0n) is 26.4. The van der Waals surface area contributed by atoms with Crippen molar-refractivity contribution in [2.75, 3.05) is 65.6 Å². The van der Waals surface area contributed by atoms with Gasteiger partial charge in [0.2, 0.25) is 23.6 Å². The van der Waals surface area contributed by atoms with E-state index in [2.05, 4.69) is 10.2 Å². The first-order valence-electron chi connectivity index (χ1n) is 17.7. The van der Waals surface area contributed by atoms with Crippen LogP contribution in [0.1, 0.15) is 77.0 Å². The van der Waals surface area contributed by atoms with E-state index in [4.69, 9.17) is 4.74 Å². The quantitative estimate of drug-likeness (QED) is 0.506. The standard InChI is InChI=1S/C33H52N6O5/c40-29(35-16-18-44-19-17-35)20-23-7-12-37-22-24(23)21-30(41)39-15-10-27(34-25-4-1-2-5-25)31(39)33(43)36-13-8-26(9-14-36)38-11-3-6-28(38)32(37)42/h23-28,31,34H,1-22H2/t23-,24-,27+,28-,31-/m0/s1. The molecule has 11 nitrogen and oxygen atoms in total. The highest BCUT2D eigenvalue weighted by Crippen LogP contribution is 2.35. The molecule has 5 atom stereocenters. The average Bonchev–Trinajstić information content (AvgIpc) is 3.83. The van der Waals surface area contributed by atoms with Crippen LogP contribution in [0.15, 0.2) is 0 Å². The van der Waals surface area contributed by atoms with Gasteiger partial charge in [-0.05, 0) is 69.7 Å². The molecule has 0 radical (unpaired) electrons. The van der Waals surface area contributed by atoms with Gasteiger partial charge in [-0.3, -0.25) is 24.1 Å². The van der Waals surface area contributed by atoms with Crippen LogP contribution in [0, 0.1) is 11.8 Å². The molecule has 244 valence electrons. The lowest BCUT2D eigenvalue weighted by Crippen LogP contribution is -2.58. The Hall–Kier alpha value is -2.24. The van der Waals surface area contributed by atoms with E-state index >= 15 is 0 Å². The van der Waals surface area contributed by atoms with Gasteiger partial charge < -0.3 is 29.7 Å². The van der Waals surface area contributed by atoms with Gasteiger partial charge in [0.15, 0.2) is 0 Å². The zero-order valence-corrected chi connectivity index (χ0v) is 26.4. The smallest absolute Gasteiger partial charge is 0.246 e. The summed E-state index contributed by atoms with van der Waals surface area (Å²) >= 11 is 0. The van der Waals surface area contributed by atoms with Gasteiger partial charge in [0.25, 0.3) is 0 Å². The summed E-state index contributed by atoms with van der Waals surface area (Å²) in [5.41, 5.74) is 0. The molecule has 44 heavy (non-hydrogen) atoms. The van der Waals surface area contributed by atoms with Crippen LogP contribution in [0.25, 0.3) is 0 Å². The maximum atomic E-state index is 14.3. The Kier molecular flexibility index (Phi) is 9.15. The summed E-state index contributed by atoms with van der Waals surface area (Å²) in [6.07, 6.45) is 10.6. The van der Waals surface area contributed by atoms with Gasteiger partial charge in [0, 0.05) is 76.8 Å². The average molecular weight is 613 g/mol. The van der Waals surface area contributed by atoms with Crippen molar-refractivity contribution in [3.8, 4) is 0 Å². The predicted molar refractivity (Wildman–Crippen MR) is 163 cm³/mol. The zero-order chi connectivity index (χ0) is 30.2. The summed E-state index contributed by atoms with van der Waals surface area (Å²) < 4.78 is 5.46. The SMILES string of the molecule is O=C(C[C@@H]1CCN2C[C@@H]1CC(=O)N1CC[C@@H](NC3CCCC3)[C@H]1C(=O)N1CCC(CC1)N1CCC[C@H]1C2=O)N1CCOCC1. The number of fused-ring (bicyclic) bond motifs is 3. The van der Waals surface area contributed by atoms with Crippen molar-refractivity contribution in [1.82, 2.24) is 29.8 Å². The minimum absolute atomic E-state index is 0.00874. The van der Waals surface area contributed by atoms with Gasteiger partial charge >= 0.3 is 0 Å². The molecule has 8 fully saturated rings. The maximum Gasteiger partial charge on any atom is 0.246 e. The molecule has 8 rings (SSSR count). The largest absolute Gasteiger partial charge is 0.378 e. The maximum absolute atomic E-state index is 14.3. The molecule has 4 amide bonds. The molecule has 8 aliphatic rings. The Morgan fingerprint density at radius 2 is 1.52 bits per heavy atom. The van der Waals surface area contributed by atoms with Gasteiger partial charge in [-0.25, -0.2) is 0 Å². The monoisotopic (exact) mass is 612 g/mol. The Bertz CT molecular complexity index is 1080. The number of hydrogen-bond acceptors (Lipinski definition) is 7. The number of rotatable bonds is 4. The van der Waals surface area contributed by atoms with E-state index in [-0.39, 0.29) is 54.0 Å². The fourth-order valence-electron chi connectivity index (χ4n) is 9.54. The van der Waals surface area contributed by atoms with E-state index in [1.54, 1.807) is 0 Å². The van der Waals surface area contributed by atoms with E-state index in [1.807, 2.05) is 19.6 Å². The van der Waals surface area contributed by atoms with Crippen molar-refractivity contribution in [3.63, 3.8) is 0 Å². The molecule has 1 N–H and O–H groups in total. The molecular weight excluding hydrogens is 560 g/mol. The van der Waals surface area contributed by atoms with E-state index in [9.17, 15) is 19.2 Å². The van der Waals surface area contributed by atoms with E-state index in [0.29, 0.717) is 77.5 Å². The molecule has 0 aromatic rings. The van der Waals surface area contributed by atoms with E-state index in [0.717, 1.165) is 57.9 Å². The second-order valence-electron chi connectivity index (χ2n) is 14.5. The number of nitrogens with zero attached hydrogens (tertiary/aromatic N) is 5. The van der Waals surface area contributed by atoms with Crippen LogP contribution in [0.2, 0.25) is 0 Å². The van der Waals surface area contributed by atoms with Crippen molar-refractivity contribution >= 4 is 23.6 Å². The predicted octanol–water partition coefficient (Wildman–Crippen LogP) is 1.06. The number of hydrogen-bond donors (Lipinski definition) is 1. The third-order valence-corrected chi connectivity index (χ3v) is 12.0. The third kappa shape index (κ3) is 6.12. The topological polar surface area (TPSA) is 106 Å². The second kappa shape index (κ2) is 13.2. The van der Waals surface area contributed by atoms with Gasteiger partial charge in [-0.1, -0.05) is 12.8 Å². The van der Waals surface area contributed by atoms with Crippen LogP contribution in [-0.4, -0.2) is 144 Å². The fraction of sp³-hybridized carbons (Fsp3) is 0.879. The molecule has 1 aliphatic carbocycles. The molecule has 0 aromatic carbocycles. The molecule has 7 heterocycles. The number of ether oxygens (including phenoxy) is 1. The van der Waals surface area contributed by atoms with Crippen LogP contribution < -0.4 is 5.32 Å². The summed E-state index contributed by atoms with van der Waals surface area (Å²) in [7, 11) is 0. The Morgan fingerprint density at radius 3 is 2.30 bits per heavy atom. The van der Waals surface area contributed by atoms with Gasteiger partial charge in [-0.15, -0.1) is 0 Å². The van der Waals surface area contributed by atoms with Crippen LogP contribution in [0.5, 0.6) is 0 Å². The highest BCUT2D eigenvalue weighted by Gasteiger charge is 2.48. The lowest BCUT2D eigenvalue weighted by Gasteiger charge is -2.43. The first-order chi connectivity index (χ1) is 21.5. The number of morpholine rings is 1. The number of carbonyl (C=O) groups is 4. The fourth-order valence-corrected chi connectivity index (χ4v) is 9.54. The molecule has 0 spiro atoms. The van der Waals surface area contributed by atoms with E-state index in [1.165, 1.54) is 12.8 Å². The Balaban J connectivity index is 1.16. The van der Waals surface area contributed by atoms with Gasteiger partial charge in [0.05, 0.1) is 19.3 Å². The van der Waals surface area contributed by atoms with Gasteiger partial charge in [0.1, 0.15) is 6.04 Å².